The first-order chi connectivity index (χ1) is 15.5. The van der Waals surface area contributed by atoms with Crippen LogP contribution in [0.5, 0.6) is 0 Å². The zero-order valence-corrected chi connectivity index (χ0v) is 21.2. The summed E-state index contributed by atoms with van der Waals surface area (Å²) >= 11 is 5.22. The van der Waals surface area contributed by atoms with E-state index in [2.05, 4.69) is 33.4 Å². The molecule has 0 aromatic heterocycles. The normalized spacial score (nSPS) is 15.2. The summed E-state index contributed by atoms with van der Waals surface area (Å²) in [6.45, 7) is 2.29. The van der Waals surface area contributed by atoms with E-state index in [1.807, 2.05) is 49.4 Å². The van der Waals surface area contributed by atoms with Gasteiger partial charge in [-0.25, -0.2) is 0 Å². The van der Waals surface area contributed by atoms with Crippen LogP contribution in [0.25, 0.3) is 0 Å². The Labute approximate surface area is 204 Å². The Balaban J connectivity index is 1.59. The Morgan fingerprint density at radius 3 is 2.41 bits per heavy atom. The number of carbonyl (C=O) groups excluding carboxylic acids is 2. The highest BCUT2D eigenvalue weighted by atomic mass is 79.9. The molecule has 1 N–H and O–H groups in total. The molecule has 2 aromatic rings. The molecular weight excluding hydrogens is 484 g/mol. The van der Waals surface area contributed by atoms with Crippen LogP contribution in [0.3, 0.4) is 0 Å². The van der Waals surface area contributed by atoms with Crippen LogP contribution in [-0.2, 0) is 21.9 Å². The summed E-state index contributed by atoms with van der Waals surface area (Å²) in [6.07, 6.45) is 6.08. The van der Waals surface area contributed by atoms with Crippen LogP contribution in [-0.4, -0.2) is 34.6 Å². The molecular formula is C26H33BrN2O2S. The molecule has 6 heteroatoms. The van der Waals surface area contributed by atoms with Crippen LogP contribution in [0.1, 0.15) is 56.6 Å². The van der Waals surface area contributed by atoms with Crippen molar-refractivity contribution < 1.29 is 9.59 Å². The second-order valence-corrected chi connectivity index (χ2v) is 10.5. The zero-order valence-electron chi connectivity index (χ0n) is 18.8. The average molecular weight is 518 g/mol. The Bertz CT molecular complexity index is 854. The smallest absolute Gasteiger partial charge is 0.242 e. The van der Waals surface area contributed by atoms with Gasteiger partial charge >= 0.3 is 0 Å². The minimum atomic E-state index is -0.493. The molecule has 1 atom stereocenters. The second-order valence-electron chi connectivity index (χ2n) is 8.46. The predicted octanol–water partition coefficient (Wildman–Crippen LogP) is 5.94. The number of benzene rings is 2. The number of carbonyl (C=O) groups is 2. The molecule has 0 radical (unpaired) electrons. The Morgan fingerprint density at radius 1 is 1.03 bits per heavy atom. The Morgan fingerprint density at radius 2 is 1.72 bits per heavy atom. The van der Waals surface area contributed by atoms with Gasteiger partial charge in [0.25, 0.3) is 0 Å². The van der Waals surface area contributed by atoms with Crippen molar-refractivity contribution in [1.29, 1.82) is 0 Å². The predicted molar refractivity (Wildman–Crippen MR) is 136 cm³/mol. The largest absolute Gasteiger partial charge is 0.352 e. The molecule has 0 bridgehead atoms. The molecule has 1 saturated carbocycles. The van der Waals surface area contributed by atoms with Crippen LogP contribution < -0.4 is 5.32 Å². The van der Waals surface area contributed by atoms with E-state index in [0.29, 0.717) is 13.0 Å². The molecule has 2 aromatic carbocycles. The van der Waals surface area contributed by atoms with E-state index < -0.39 is 6.04 Å². The standard InChI is InChI=1S/C26H33BrN2O2S/c1-20(26(31)28-24-10-6-3-7-11-24)29(18-21-12-14-23(27)15-13-21)25(30)16-17-32-19-22-8-4-2-5-9-22/h2,4-5,8-9,12-15,20,24H,3,6-7,10-11,16-19H2,1H3,(H,28,31)/t20-/m1/s1. The fraction of sp³-hybridized carbons (Fsp3) is 0.462. The SMILES string of the molecule is C[C@H](C(=O)NC1CCCCC1)N(Cc1ccc(Br)cc1)C(=O)CCSCc1ccccc1. The number of halogens is 1. The highest BCUT2D eigenvalue weighted by Crippen LogP contribution is 2.20. The quantitative estimate of drug-likeness (QED) is 0.397. The van der Waals surface area contributed by atoms with Gasteiger partial charge in [-0.2, -0.15) is 11.8 Å². The Kier molecular flexibility index (Phi) is 10.1. The minimum Gasteiger partial charge on any atom is -0.352 e. The van der Waals surface area contributed by atoms with Gasteiger partial charge in [-0.15, -0.1) is 0 Å². The van der Waals surface area contributed by atoms with Crippen LogP contribution in [0.4, 0.5) is 0 Å². The van der Waals surface area contributed by atoms with Crippen molar-refractivity contribution >= 4 is 39.5 Å². The molecule has 4 nitrogen and oxygen atoms in total. The highest BCUT2D eigenvalue weighted by Gasteiger charge is 2.27. The molecule has 0 aliphatic heterocycles. The lowest BCUT2D eigenvalue weighted by Gasteiger charge is -2.31. The first kappa shape index (κ1) is 24.8. The molecule has 0 spiro atoms. The lowest BCUT2D eigenvalue weighted by molar-refractivity contribution is -0.140. The summed E-state index contributed by atoms with van der Waals surface area (Å²) in [5, 5.41) is 3.19. The molecule has 1 aliphatic carbocycles. The van der Waals surface area contributed by atoms with E-state index in [9.17, 15) is 9.59 Å². The van der Waals surface area contributed by atoms with Crippen molar-refractivity contribution in [3.63, 3.8) is 0 Å². The molecule has 3 rings (SSSR count). The van der Waals surface area contributed by atoms with Crippen molar-refractivity contribution in [3.05, 3.63) is 70.2 Å². The van der Waals surface area contributed by atoms with Crippen molar-refractivity contribution in [1.82, 2.24) is 10.2 Å². The number of nitrogens with one attached hydrogen (secondary N) is 1. The van der Waals surface area contributed by atoms with Gasteiger partial charge in [-0.05, 0) is 43.0 Å². The molecule has 0 heterocycles. The van der Waals surface area contributed by atoms with Gasteiger partial charge in [0, 0.05) is 35.0 Å². The number of nitrogens with zero attached hydrogens (tertiary/aromatic N) is 1. The van der Waals surface area contributed by atoms with Crippen LogP contribution in [0.15, 0.2) is 59.1 Å². The van der Waals surface area contributed by atoms with Gasteiger partial charge in [-0.3, -0.25) is 9.59 Å². The van der Waals surface area contributed by atoms with Crippen molar-refractivity contribution in [2.45, 2.75) is 69.8 Å². The summed E-state index contributed by atoms with van der Waals surface area (Å²) < 4.78 is 1.000. The third-order valence-electron chi connectivity index (χ3n) is 5.96. The van der Waals surface area contributed by atoms with Gasteiger partial charge in [-0.1, -0.05) is 77.7 Å². The lowest BCUT2D eigenvalue weighted by atomic mass is 9.95. The molecule has 1 fully saturated rings. The van der Waals surface area contributed by atoms with E-state index in [4.69, 9.17) is 0 Å². The third kappa shape index (κ3) is 7.96. The van der Waals surface area contributed by atoms with Crippen molar-refractivity contribution in [2.24, 2.45) is 0 Å². The van der Waals surface area contributed by atoms with Gasteiger partial charge in [0.05, 0.1) is 0 Å². The maximum absolute atomic E-state index is 13.2. The van der Waals surface area contributed by atoms with Crippen LogP contribution in [0.2, 0.25) is 0 Å². The number of hydrogen-bond donors (Lipinski definition) is 1. The maximum atomic E-state index is 13.2. The van der Waals surface area contributed by atoms with E-state index in [1.165, 1.54) is 24.8 Å². The van der Waals surface area contributed by atoms with Crippen LogP contribution in [0, 0.1) is 0 Å². The number of thioether (sulfide) groups is 1. The minimum absolute atomic E-state index is 0.0276. The van der Waals surface area contributed by atoms with E-state index >= 15 is 0 Å². The highest BCUT2D eigenvalue weighted by molar-refractivity contribution is 9.10. The Hall–Kier alpha value is -1.79. The number of amides is 2. The van der Waals surface area contributed by atoms with E-state index in [-0.39, 0.29) is 17.9 Å². The van der Waals surface area contributed by atoms with Crippen molar-refractivity contribution in [3.8, 4) is 0 Å². The van der Waals surface area contributed by atoms with Crippen molar-refractivity contribution in [2.75, 3.05) is 5.75 Å². The van der Waals surface area contributed by atoms with E-state index in [0.717, 1.165) is 34.4 Å². The van der Waals surface area contributed by atoms with Gasteiger partial charge in [0.15, 0.2) is 0 Å². The molecule has 2 amide bonds. The summed E-state index contributed by atoms with van der Waals surface area (Å²) in [5.74, 6) is 1.61. The summed E-state index contributed by atoms with van der Waals surface area (Å²) in [6, 6.07) is 18.0. The molecule has 172 valence electrons. The molecule has 0 unspecified atom stereocenters. The van der Waals surface area contributed by atoms with Gasteiger partial charge in [0.2, 0.25) is 11.8 Å². The lowest BCUT2D eigenvalue weighted by Crippen LogP contribution is -2.50. The van der Waals surface area contributed by atoms with Gasteiger partial charge in [0.1, 0.15) is 6.04 Å². The summed E-state index contributed by atoms with van der Waals surface area (Å²) in [7, 11) is 0. The first-order valence-corrected chi connectivity index (χ1v) is 13.4. The maximum Gasteiger partial charge on any atom is 0.242 e. The average Bonchev–Trinajstić information content (AvgIpc) is 2.82. The molecule has 32 heavy (non-hydrogen) atoms. The second kappa shape index (κ2) is 13.0. The third-order valence-corrected chi connectivity index (χ3v) is 7.52. The first-order valence-electron chi connectivity index (χ1n) is 11.5. The van der Waals surface area contributed by atoms with E-state index in [1.54, 1.807) is 16.7 Å². The molecule has 0 saturated heterocycles. The van der Waals surface area contributed by atoms with Gasteiger partial charge < -0.3 is 10.2 Å². The summed E-state index contributed by atoms with van der Waals surface area (Å²) in [5.41, 5.74) is 2.28. The summed E-state index contributed by atoms with van der Waals surface area (Å²) in [4.78, 5) is 27.9. The monoisotopic (exact) mass is 516 g/mol. The fourth-order valence-corrected chi connectivity index (χ4v) is 5.16. The zero-order chi connectivity index (χ0) is 22.8. The number of hydrogen-bond acceptors (Lipinski definition) is 3. The van der Waals surface area contributed by atoms with Crippen LogP contribution >= 0.6 is 27.7 Å². The number of rotatable bonds is 10. The topological polar surface area (TPSA) is 49.4 Å². The molecule has 1 aliphatic rings. The fourth-order valence-electron chi connectivity index (χ4n) is 4.01.